The first-order chi connectivity index (χ1) is 19.1. The molecule has 1 fully saturated rings. The highest BCUT2D eigenvalue weighted by Gasteiger charge is 2.38. The van der Waals surface area contributed by atoms with Crippen molar-refractivity contribution >= 4 is 23.2 Å². The molecule has 1 N–H and O–H groups in total. The van der Waals surface area contributed by atoms with Gasteiger partial charge < -0.3 is 19.9 Å². The Bertz CT molecular complexity index is 1280. The zero-order valence-electron chi connectivity index (χ0n) is 22.9. The van der Waals surface area contributed by atoms with Crippen molar-refractivity contribution in [2.45, 2.75) is 25.3 Å². The number of methoxy groups -OCH3 is 1. The fourth-order valence-corrected chi connectivity index (χ4v) is 5.86. The zero-order valence-corrected chi connectivity index (χ0v) is 22.9. The van der Waals surface area contributed by atoms with E-state index in [1.165, 1.54) is 11.3 Å². The van der Waals surface area contributed by atoms with E-state index in [0.717, 1.165) is 42.9 Å². The molecule has 0 spiro atoms. The molecule has 2 aliphatic heterocycles. The van der Waals surface area contributed by atoms with Gasteiger partial charge in [-0.2, -0.15) is 0 Å². The minimum atomic E-state index is -0.591. The van der Waals surface area contributed by atoms with Crippen LogP contribution in [0.5, 0.6) is 0 Å². The van der Waals surface area contributed by atoms with Gasteiger partial charge in [0.1, 0.15) is 6.04 Å². The number of hydrogen-bond donors (Lipinski definition) is 1. The summed E-state index contributed by atoms with van der Waals surface area (Å²) in [5, 5.41) is 3.18. The van der Waals surface area contributed by atoms with Crippen molar-refractivity contribution < 1.29 is 14.3 Å². The number of fused-ring (bicyclic) bond motifs is 1. The van der Waals surface area contributed by atoms with Crippen LogP contribution >= 0.6 is 0 Å². The summed E-state index contributed by atoms with van der Waals surface area (Å²) in [6, 6.07) is 26.0. The molecular weight excluding hydrogens is 488 g/mol. The maximum absolute atomic E-state index is 14.1. The molecular formula is C32H38N4O3. The number of ether oxygens (including phenoxy) is 1. The van der Waals surface area contributed by atoms with Gasteiger partial charge in [0.25, 0.3) is 0 Å². The standard InChI is InChI=1S/C32H38N4O3/c1-3-34(22-26-23-35(17-10-18-39-2)29-16-8-7-15-28(26)29)32(38)30-20-33-21-31(37)36(30)27-14-9-13-25(19-27)24-11-5-4-6-12-24/h4-9,11-16,19,26,30,33H,3,10,17-18,20-23H2,1-2H3. The van der Waals surface area contributed by atoms with Crippen molar-refractivity contribution in [2.24, 2.45) is 0 Å². The number of likely N-dealkylation sites (N-methyl/N-ethyl adjacent to an activating group) is 1. The molecule has 2 atom stereocenters. The Hall–Kier alpha value is -3.68. The number of benzene rings is 3. The van der Waals surface area contributed by atoms with E-state index < -0.39 is 6.04 Å². The Morgan fingerprint density at radius 3 is 2.59 bits per heavy atom. The van der Waals surface area contributed by atoms with E-state index in [1.54, 1.807) is 12.0 Å². The van der Waals surface area contributed by atoms with Crippen molar-refractivity contribution in [3.05, 3.63) is 84.4 Å². The predicted octanol–water partition coefficient (Wildman–Crippen LogP) is 4.15. The van der Waals surface area contributed by atoms with Gasteiger partial charge in [-0.1, -0.05) is 60.7 Å². The monoisotopic (exact) mass is 526 g/mol. The summed E-state index contributed by atoms with van der Waals surface area (Å²) in [4.78, 5) is 33.3. The number of rotatable bonds is 10. The molecule has 2 heterocycles. The summed E-state index contributed by atoms with van der Waals surface area (Å²) in [6.45, 7) is 6.41. The number of amides is 2. The molecule has 2 unspecified atom stereocenters. The van der Waals surface area contributed by atoms with Gasteiger partial charge in [-0.25, -0.2) is 0 Å². The van der Waals surface area contributed by atoms with Gasteiger partial charge >= 0.3 is 0 Å². The summed E-state index contributed by atoms with van der Waals surface area (Å²) in [7, 11) is 1.73. The molecule has 0 aliphatic carbocycles. The number of anilines is 2. The Kier molecular flexibility index (Phi) is 8.59. The maximum atomic E-state index is 14.1. The van der Waals surface area contributed by atoms with Crippen molar-refractivity contribution in [1.82, 2.24) is 10.2 Å². The molecule has 0 radical (unpaired) electrons. The second kappa shape index (κ2) is 12.5. The van der Waals surface area contributed by atoms with Gasteiger partial charge in [-0.05, 0) is 48.2 Å². The Balaban J connectivity index is 1.36. The largest absolute Gasteiger partial charge is 0.385 e. The molecule has 5 rings (SSSR count). The molecule has 7 heteroatoms. The zero-order chi connectivity index (χ0) is 27.2. The van der Waals surface area contributed by atoms with Crippen LogP contribution in [0.2, 0.25) is 0 Å². The summed E-state index contributed by atoms with van der Waals surface area (Å²) < 4.78 is 5.27. The van der Waals surface area contributed by atoms with Crippen molar-refractivity contribution in [2.75, 3.05) is 62.8 Å². The molecule has 3 aromatic rings. The molecule has 2 amide bonds. The van der Waals surface area contributed by atoms with Gasteiger partial charge in [0, 0.05) is 63.7 Å². The second-order valence-electron chi connectivity index (χ2n) is 10.3. The molecule has 1 saturated heterocycles. The van der Waals surface area contributed by atoms with Gasteiger partial charge in [0.15, 0.2) is 0 Å². The Morgan fingerprint density at radius 1 is 1.03 bits per heavy atom. The third-order valence-electron chi connectivity index (χ3n) is 7.78. The van der Waals surface area contributed by atoms with Gasteiger partial charge in [-0.3, -0.25) is 14.5 Å². The Morgan fingerprint density at radius 2 is 1.79 bits per heavy atom. The van der Waals surface area contributed by atoms with Gasteiger partial charge in [0.05, 0.1) is 6.54 Å². The lowest BCUT2D eigenvalue weighted by Gasteiger charge is -2.38. The van der Waals surface area contributed by atoms with Crippen molar-refractivity contribution in [3.8, 4) is 11.1 Å². The van der Waals surface area contributed by atoms with E-state index in [0.29, 0.717) is 19.6 Å². The number of carbonyl (C=O) groups is 2. The van der Waals surface area contributed by atoms with Crippen LogP contribution in [0, 0.1) is 0 Å². The summed E-state index contributed by atoms with van der Waals surface area (Å²) >= 11 is 0. The van der Waals surface area contributed by atoms with E-state index in [1.807, 2.05) is 54.3 Å². The number of hydrogen-bond acceptors (Lipinski definition) is 5. The van der Waals surface area contributed by atoms with Crippen LogP contribution in [0.3, 0.4) is 0 Å². The van der Waals surface area contributed by atoms with Gasteiger partial charge in [0.2, 0.25) is 11.8 Å². The average Bonchev–Trinajstić information content (AvgIpc) is 3.33. The number of nitrogens with zero attached hydrogens (tertiary/aromatic N) is 3. The predicted molar refractivity (Wildman–Crippen MR) is 156 cm³/mol. The van der Waals surface area contributed by atoms with Crippen LogP contribution in [0.15, 0.2) is 78.9 Å². The fraction of sp³-hybridized carbons (Fsp3) is 0.375. The van der Waals surface area contributed by atoms with Crippen molar-refractivity contribution in [3.63, 3.8) is 0 Å². The van der Waals surface area contributed by atoms with E-state index in [2.05, 4.69) is 46.6 Å². The molecule has 0 aromatic heterocycles. The van der Waals surface area contributed by atoms with E-state index in [-0.39, 0.29) is 24.3 Å². The molecule has 0 bridgehead atoms. The first kappa shape index (κ1) is 26.9. The number of para-hydroxylation sites is 1. The minimum absolute atomic E-state index is 0.0153. The third kappa shape index (κ3) is 5.84. The highest BCUT2D eigenvalue weighted by molar-refractivity contribution is 6.03. The normalized spacial score (nSPS) is 18.8. The molecule has 3 aromatic carbocycles. The average molecular weight is 527 g/mol. The van der Waals surface area contributed by atoms with Crippen LogP contribution < -0.4 is 15.1 Å². The number of nitrogens with one attached hydrogen (secondary N) is 1. The smallest absolute Gasteiger partial charge is 0.247 e. The van der Waals surface area contributed by atoms with Crippen LogP contribution in [0.1, 0.15) is 24.8 Å². The lowest BCUT2D eigenvalue weighted by molar-refractivity contribution is -0.135. The van der Waals surface area contributed by atoms with Crippen LogP contribution in [-0.4, -0.2) is 75.7 Å². The highest BCUT2D eigenvalue weighted by Crippen LogP contribution is 2.37. The van der Waals surface area contributed by atoms with E-state index in [4.69, 9.17) is 4.74 Å². The number of piperazine rings is 1. The minimum Gasteiger partial charge on any atom is -0.385 e. The van der Waals surface area contributed by atoms with Crippen LogP contribution in [0.4, 0.5) is 11.4 Å². The summed E-state index contributed by atoms with van der Waals surface area (Å²) in [5.41, 5.74) is 5.39. The van der Waals surface area contributed by atoms with Crippen molar-refractivity contribution in [1.29, 1.82) is 0 Å². The quantitative estimate of drug-likeness (QED) is 0.402. The summed E-state index contributed by atoms with van der Waals surface area (Å²) in [6.07, 6.45) is 0.959. The molecule has 0 saturated carbocycles. The fourth-order valence-electron chi connectivity index (χ4n) is 5.86. The van der Waals surface area contributed by atoms with E-state index in [9.17, 15) is 9.59 Å². The third-order valence-corrected chi connectivity index (χ3v) is 7.78. The van der Waals surface area contributed by atoms with Crippen LogP contribution in [-0.2, 0) is 14.3 Å². The molecule has 39 heavy (non-hydrogen) atoms. The molecule has 7 nitrogen and oxygen atoms in total. The first-order valence-corrected chi connectivity index (χ1v) is 13.9. The Labute approximate surface area is 231 Å². The topological polar surface area (TPSA) is 65.1 Å². The second-order valence-corrected chi connectivity index (χ2v) is 10.3. The van der Waals surface area contributed by atoms with Gasteiger partial charge in [-0.15, -0.1) is 0 Å². The molecule has 204 valence electrons. The maximum Gasteiger partial charge on any atom is 0.247 e. The number of carbonyl (C=O) groups excluding carboxylic acids is 2. The van der Waals surface area contributed by atoms with Crippen LogP contribution in [0.25, 0.3) is 11.1 Å². The lowest BCUT2D eigenvalue weighted by atomic mass is 10.00. The summed E-state index contributed by atoms with van der Waals surface area (Å²) in [5.74, 6) is 0.115. The first-order valence-electron chi connectivity index (χ1n) is 13.9. The van der Waals surface area contributed by atoms with E-state index >= 15 is 0 Å². The lowest BCUT2D eigenvalue weighted by Crippen LogP contribution is -2.61. The SMILES string of the molecule is CCN(CC1CN(CCCOC)c2ccccc21)C(=O)C1CNCC(=O)N1c1cccc(-c2ccccc2)c1. The molecule has 2 aliphatic rings. The highest BCUT2D eigenvalue weighted by atomic mass is 16.5.